The van der Waals surface area contributed by atoms with Gasteiger partial charge in [0, 0.05) is 19.0 Å². The second kappa shape index (κ2) is 9.96. The zero-order valence-electron chi connectivity index (χ0n) is 18.6. The molecule has 162 valence electrons. The molecule has 1 fully saturated rings. The number of amides is 2. The van der Waals surface area contributed by atoms with Gasteiger partial charge in [0.25, 0.3) is 5.91 Å². The summed E-state index contributed by atoms with van der Waals surface area (Å²) in [5, 5.41) is 3.27. The van der Waals surface area contributed by atoms with Gasteiger partial charge in [-0.15, -0.1) is 0 Å². The number of piperidine rings is 1. The summed E-state index contributed by atoms with van der Waals surface area (Å²) in [6.45, 7) is 9.87. The first kappa shape index (κ1) is 22.1. The summed E-state index contributed by atoms with van der Waals surface area (Å²) in [6.07, 6.45) is 3.93. The molecule has 0 saturated carbocycles. The molecule has 0 bridgehead atoms. The van der Waals surface area contributed by atoms with Gasteiger partial charge in [-0.1, -0.05) is 52.0 Å². The molecule has 0 spiro atoms. The van der Waals surface area contributed by atoms with E-state index in [2.05, 4.69) is 57.3 Å². The molecule has 2 amide bonds. The molecular formula is C25H34N2O3. The topological polar surface area (TPSA) is 62.6 Å². The Labute approximate surface area is 179 Å². The summed E-state index contributed by atoms with van der Waals surface area (Å²) >= 11 is 0. The van der Waals surface area contributed by atoms with E-state index in [-0.39, 0.29) is 23.8 Å². The summed E-state index contributed by atoms with van der Waals surface area (Å²) in [5.41, 5.74) is 2.48. The number of furan rings is 1. The van der Waals surface area contributed by atoms with Crippen LogP contribution in [0.3, 0.4) is 0 Å². The van der Waals surface area contributed by atoms with Gasteiger partial charge in [0.05, 0.1) is 12.3 Å². The van der Waals surface area contributed by atoms with E-state index in [4.69, 9.17) is 4.42 Å². The largest absolute Gasteiger partial charge is 0.459 e. The zero-order chi connectivity index (χ0) is 21.7. The van der Waals surface area contributed by atoms with Crippen LogP contribution >= 0.6 is 0 Å². The van der Waals surface area contributed by atoms with E-state index >= 15 is 0 Å². The monoisotopic (exact) mass is 410 g/mol. The molecule has 1 N–H and O–H groups in total. The van der Waals surface area contributed by atoms with Gasteiger partial charge < -0.3 is 14.6 Å². The Balaban J connectivity index is 1.57. The summed E-state index contributed by atoms with van der Waals surface area (Å²) < 4.78 is 5.21. The summed E-state index contributed by atoms with van der Waals surface area (Å²) in [5.74, 6) is 1.21. The van der Waals surface area contributed by atoms with Gasteiger partial charge in [-0.3, -0.25) is 9.59 Å². The number of nitrogens with zero attached hydrogens (tertiary/aromatic N) is 1. The lowest BCUT2D eigenvalue weighted by Gasteiger charge is -2.32. The molecule has 1 unspecified atom stereocenters. The van der Waals surface area contributed by atoms with Crippen molar-refractivity contribution in [1.29, 1.82) is 0 Å². The van der Waals surface area contributed by atoms with E-state index in [9.17, 15) is 9.59 Å². The van der Waals surface area contributed by atoms with E-state index in [1.54, 1.807) is 17.0 Å². The van der Waals surface area contributed by atoms with Crippen LogP contribution in [0.1, 0.15) is 68.3 Å². The molecule has 5 nitrogen and oxygen atoms in total. The molecule has 1 aromatic heterocycles. The number of rotatable bonds is 7. The average Bonchev–Trinajstić information content (AvgIpc) is 3.26. The fourth-order valence-corrected chi connectivity index (χ4v) is 4.14. The van der Waals surface area contributed by atoms with Gasteiger partial charge in [-0.05, 0) is 54.4 Å². The molecule has 30 heavy (non-hydrogen) atoms. The van der Waals surface area contributed by atoms with Gasteiger partial charge >= 0.3 is 0 Å². The van der Waals surface area contributed by atoms with E-state index in [1.807, 2.05) is 0 Å². The van der Waals surface area contributed by atoms with Crippen molar-refractivity contribution < 1.29 is 14.0 Å². The van der Waals surface area contributed by atoms with Crippen LogP contribution < -0.4 is 5.32 Å². The van der Waals surface area contributed by atoms with Gasteiger partial charge in [0.15, 0.2) is 5.76 Å². The fraction of sp³-hybridized carbons (Fsp3) is 0.520. The SMILES string of the molecule is CC(C)Cc1ccc(C(NC(=O)C2CCN(C(=O)c3ccco3)CC2)C(C)C)cc1. The Morgan fingerprint density at radius 2 is 1.73 bits per heavy atom. The molecule has 5 heteroatoms. The van der Waals surface area contributed by atoms with E-state index in [0.29, 0.717) is 43.5 Å². The summed E-state index contributed by atoms with van der Waals surface area (Å²) in [4.78, 5) is 27.2. The molecular weight excluding hydrogens is 376 g/mol. The minimum atomic E-state index is -0.0968. The third-order valence-electron chi connectivity index (χ3n) is 5.83. The van der Waals surface area contributed by atoms with Crippen molar-refractivity contribution in [2.45, 2.75) is 53.0 Å². The Bertz CT molecular complexity index is 817. The number of benzene rings is 1. The fourth-order valence-electron chi connectivity index (χ4n) is 4.14. The van der Waals surface area contributed by atoms with Gasteiger partial charge in [0.1, 0.15) is 0 Å². The molecule has 3 rings (SSSR count). The first-order valence-electron chi connectivity index (χ1n) is 11.1. The van der Waals surface area contributed by atoms with Crippen LogP contribution in [0.2, 0.25) is 0 Å². The van der Waals surface area contributed by atoms with Gasteiger partial charge in [-0.25, -0.2) is 0 Å². The van der Waals surface area contributed by atoms with Crippen molar-refractivity contribution in [3.63, 3.8) is 0 Å². The predicted molar refractivity (Wildman–Crippen MR) is 118 cm³/mol. The molecule has 1 aliphatic heterocycles. The van der Waals surface area contributed by atoms with Crippen molar-refractivity contribution in [2.75, 3.05) is 13.1 Å². The van der Waals surface area contributed by atoms with E-state index < -0.39 is 0 Å². The van der Waals surface area contributed by atoms with Crippen molar-refractivity contribution in [3.05, 3.63) is 59.5 Å². The van der Waals surface area contributed by atoms with Crippen molar-refractivity contribution in [1.82, 2.24) is 10.2 Å². The molecule has 1 saturated heterocycles. The van der Waals surface area contributed by atoms with E-state index in [0.717, 1.165) is 12.0 Å². The minimum Gasteiger partial charge on any atom is -0.459 e. The first-order valence-corrected chi connectivity index (χ1v) is 11.1. The number of carbonyl (C=O) groups is 2. The Morgan fingerprint density at radius 3 is 2.27 bits per heavy atom. The smallest absolute Gasteiger partial charge is 0.289 e. The lowest BCUT2D eigenvalue weighted by Crippen LogP contribution is -2.44. The molecule has 1 aromatic carbocycles. The number of carbonyl (C=O) groups excluding carboxylic acids is 2. The number of hydrogen-bond acceptors (Lipinski definition) is 3. The Hall–Kier alpha value is -2.56. The third kappa shape index (κ3) is 5.53. The highest BCUT2D eigenvalue weighted by atomic mass is 16.3. The molecule has 2 aromatic rings. The highest BCUT2D eigenvalue weighted by Crippen LogP contribution is 2.25. The average molecular weight is 411 g/mol. The quantitative estimate of drug-likeness (QED) is 0.710. The number of likely N-dealkylation sites (tertiary alicyclic amines) is 1. The van der Waals surface area contributed by atoms with Crippen LogP contribution in [0.5, 0.6) is 0 Å². The van der Waals surface area contributed by atoms with Crippen molar-refractivity contribution in [2.24, 2.45) is 17.8 Å². The standard InChI is InChI=1S/C25H34N2O3/c1-17(2)16-19-7-9-20(10-8-19)23(18(3)4)26-24(28)21-11-13-27(14-12-21)25(29)22-6-5-15-30-22/h5-10,15,17-18,21,23H,11-14,16H2,1-4H3,(H,26,28). The maximum Gasteiger partial charge on any atom is 0.289 e. The molecule has 0 radical (unpaired) electrons. The second-order valence-corrected chi connectivity index (χ2v) is 9.11. The lowest BCUT2D eigenvalue weighted by atomic mass is 9.91. The van der Waals surface area contributed by atoms with Crippen LogP contribution in [0, 0.1) is 17.8 Å². The maximum absolute atomic E-state index is 13.0. The molecule has 1 aliphatic rings. The Morgan fingerprint density at radius 1 is 1.07 bits per heavy atom. The summed E-state index contributed by atoms with van der Waals surface area (Å²) in [7, 11) is 0. The molecule has 0 aliphatic carbocycles. The highest BCUT2D eigenvalue weighted by Gasteiger charge is 2.30. The van der Waals surface area contributed by atoms with Crippen molar-refractivity contribution in [3.8, 4) is 0 Å². The molecule has 2 heterocycles. The van der Waals surface area contributed by atoms with Crippen LogP contribution in [0.4, 0.5) is 0 Å². The van der Waals surface area contributed by atoms with E-state index in [1.165, 1.54) is 11.8 Å². The zero-order valence-corrected chi connectivity index (χ0v) is 18.6. The second-order valence-electron chi connectivity index (χ2n) is 9.11. The predicted octanol–water partition coefficient (Wildman–Crippen LogP) is 4.84. The van der Waals surface area contributed by atoms with Gasteiger partial charge in [0.2, 0.25) is 5.91 Å². The highest BCUT2D eigenvalue weighted by molar-refractivity contribution is 5.91. The number of nitrogens with one attached hydrogen (secondary N) is 1. The number of hydrogen-bond donors (Lipinski definition) is 1. The van der Waals surface area contributed by atoms with Crippen LogP contribution in [0.15, 0.2) is 47.1 Å². The van der Waals surface area contributed by atoms with Gasteiger partial charge in [-0.2, -0.15) is 0 Å². The lowest BCUT2D eigenvalue weighted by molar-refractivity contribution is -0.127. The Kier molecular flexibility index (Phi) is 7.35. The summed E-state index contributed by atoms with van der Waals surface area (Å²) in [6, 6.07) is 12.0. The normalized spacial score (nSPS) is 16.1. The van der Waals surface area contributed by atoms with Crippen molar-refractivity contribution >= 4 is 11.8 Å². The third-order valence-corrected chi connectivity index (χ3v) is 5.83. The van der Waals surface area contributed by atoms with Crippen LogP contribution in [-0.2, 0) is 11.2 Å². The molecule has 1 atom stereocenters. The first-order chi connectivity index (χ1) is 14.3. The minimum absolute atomic E-state index is 0.00613. The maximum atomic E-state index is 13.0. The van der Waals surface area contributed by atoms with Crippen LogP contribution in [-0.4, -0.2) is 29.8 Å². The van der Waals surface area contributed by atoms with Crippen LogP contribution in [0.25, 0.3) is 0 Å².